The predicted molar refractivity (Wildman–Crippen MR) is 85.5 cm³/mol. The minimum atomic E-state index is -3.31. The summed E-state index contributed by atoms with van der Waals surface area (Å²) in [6.45, 7) is 7.09. The van der Waals surface area contributed by atoms with Gasteiger partial charge < -0.3 is 9.64 Å². The van der Waals surface area contributed by atoms with E-state index in [1.807, 2.05) is 13.8 Å². The van der Waals surface area contributed by atoms with Crippen LogP contribution in [0.5, 0.6) is 0 Å². The highest BCUT2D eigenvalue weighted by Gasteiger charge is 2.34. The molecule has 7 heteroatoms. The van der Waals surface area contributed by atoms with Gasteiger partial charge in [0.1, 0.15) is 0 Å². The summed E-state index contributed by atoms with van der Waals surface area (Å²) >= 11 is 0. The van der Waals surface area contributed by atoms with Gasteiger partial charge in [-0.3, -0.25) is 9.52 Å². The summed E-state index contributed by atoms with van der Waals surface area (Å²) in [7, 11) is -3.31. The van der Waals surface area contributed by atoms with E-state index in [9.17, 15) is 13.2 Å². The van der Waals surface area contributed by atoms with Gasteiger partial charge in [0, 0.05) is 17.8 Å². The first kappa shape index (κ1) is 16.8. The molecule has 6 nitrogen and oxygen atoms in total. The molecule has 122 valence electrons. The topological polar surface area (TPSA) is 75.7 Å². The van der Waals surface area contributed by atoms with Crippen molar-refractivity contribution >= 4 is 21.6 Å². The van der Waals surface area contributed by atoms with Crippen LogP contribution in [0, 0.1) is 0 Å². The fraction of sp³-hybridized carbons (Fsp3) is 0.533. The van der Waals surface area contributed by atoms with Crippen molar-refractivity contribution < 1.29 is 17.9 Å². The molecule has 1 fully saturated rings. The number of rotatable bonds is 4. The van der Waals surface area contributed by atoms with Crippen molar-refractivity contribution in [3.05, 3.63) is 29.8 Å². The molecule has 0 saturated carbocycles. The summed E-state index contributed by atoms with van der Waals surface area (Å²) in [5.41, 5.74) is 0.645. The Morgan fingerprint density at radius 2 is 1.95 bits per heavy atom. The molecule has 0 aliphatic carbocycles. The number of benzene rings is 1. The predicted octanol–water partition coefficient (Wildman–Crippen LogP) is 1.70. The number of ether oxygens (including phenoxy) is 1. The van der Waals surface area contributed by atoms with E-state index >= 15 is 0 Å². The fourth-order valence-electron chi connectivity index (χ4n) is 2.32. The molecule has 0 atom stereocenters. The van der Waals surface area contributed by atoms with Crippen LogP contribution >= 0.6 is 0 Å². The maximum absolute atomic E-state index is 12.6. The van der Waals surface area contributed by atoms with Crippen molar-refractivity contribution in [3.63, 3.8) is 0 Å². The van der Waals surface area contributed by atoms with E-state index in [2.05, 4.69) is 4.72 Å². The largest absolute Gasteiger partial charge is 0.377 e. The third kappa shape index (κ3) is 3.78. The number of sulfonamides is 1. The highest BCUT2D eigenvalue weighted by molar-refractivity contribution is 7.92. The Morgan fingerprint density at radius 3 is 2.50 bits per heavy atom. The first-order valence-electron chi connectivity index (χ1n) is 7.25. The second-order valence-electron chi connectivity index (χ2n) is 5.90. The highest BCUT2D eigenvalue weighted by atomic mass is 32.2. The van der Waals surface area contributed by atoms with Crippen molar-refractivity contribution in [3.8, 4) is 0 Å². The van der Waals surface area contributed by atoms with Crippen LogP contribution in [0.3, 0.4) is 0 Å². The van der Waals surface area contributed by atoms with E-state index in [0.29, 0.717) is 31.0 Å². The van der Waals surface area contributed by atoms with Gasteiger partial charge in [0.05, 0.1) is 24.5 Å². The van der Waals surface area contributed by atoms with E-state index in [0.717, 1.165) is 0 Å². The van der Waals surface area contributed by atoms with Crippen molar-refractivity contribution in [2.45, 2.75) is 26.3 Å². The zero-order valence-electron chi connectivity index (χ0n) is 13.1. The summed E-state index contributed by atoms with van der Waals surface area (Å²) < 4.78 is 30.9. The molecule has 0 spiro atoms. The monoisotopic (exact) mass is 326 g/mol. The standard InChI is InChI=1S/C15H22N2O4S/c1-4-22(19,20)16-13-7-5-12(6-8-13)14(18)17-9-10-21-11-15(17,2)3/h5-8,16H,4,9-11H2,1-3H3. The van der Waals surface area contributed by atoms with E-state index in [4.69, 9.17) is 4.74 Å². The fourth-order valence-corrected chi connectivity index (χ4v) is 2.96. The number of hydrogen-bond acceptors (Lipinski definition) is 4. The highest BCUT2D eigenvalue weighted by Crippen LogP contribution is 2.22. The van der Waals surface area contributed by atoms with Gasteiger partial charge in [-0.2, -0.15) is 0 Å². The summed E-state index contributed by atoms with van der Waals surface area (Å²) in [5, 5.41) is 0. The molecule has 1 aromatic rings. The molecular weight excluding hydrogens is 304 g/mol. The number of carbonyl (C=O) groups excluding carboxylic acids is 1. The SMILES string of the molecule is CCS(=O)(=O)Nc1ccc(C(=O)N2CCOCC2(C)C)cc1. The first-order chi connectivity index (χ1) is 10.2. The lowest BCUT2D eigenvalue weighted by molar-refractivity contribution is -0.0370. The number of carbonyl (C=O) groups is 1. The smallest absolute Gasteiger partial charge is 0.254 e. The molecule has 0 radical (unpaired) electrons. The van der Waals surface area contributed by atoms with Crippen LogP contribution in [0.2, 0.25) is 0 Å². The van der Waals surface area contributed by atoms with Gasteiger partial charge in [0.15, 0.2) is 0 Å². The van der Waals surface area contributed by atoms with Gasteiger partial charge in [0.2, 0.25) is 10.0 Å². The minimum absolute atomic E-state index is 0.00957. The number of morpholine rings is 1. The van der Waals surface area contributed by atoms with E-state index in [1.54, 1.807) is 36.1 Å². The normalized spacial score (nSPS) is 18.0. The Bertz CT molecular complexity index is 638. The zero-order chi connectivity index (χ0) is 16.4. The van der Waals surface area contributed by atoms with Crippen molar-refractivity contribution in [1.82, 2.24) is 4.90 Å². The number of anilines is 1. The van der Waals surface area contributed by atoms with Gasteiger partial charge >= 0.3 is 0 Å². The summed E-state index contributed by atoms with van der Waals surface area (Å²) in [4.78, 5) is 14.4. The van der Waals surface area contributed by atoms with Gasteiger partial charge in [-0.1, -0.05) is 0 Å². The summed E-state index contributed by atoms with van der Waals surface area (Å²) in [6.07, 6.45) is 0. The average molecular weight is 326 g/mol. The molecule has 0 unspecified atom stereocenters. The molecular formula is C15H22N2O4S. The molecule has 1 heterocycles. The Balaban J connectivity index is 2.14. The summed E-state index contributed by atoms with van der Waals surface area (Å²) in [6, 6.07) is 6.49. The zero-order valence-corrected chi connectivity index (χ0v) is 13.9. The van der Waals surface area contributed by atoms with Crippen molar-refractivity contribution in [2.75, 3.05) is 30.2 Å². The minimum Gasteiger partial charge on any atom is -0.377 e. The lowest BCUT2D eigenvalue weighted by Gasteiger charge is -2.42. The van der Waals surface area contributed by atoms with E-state index in [1.165, 1.54) is 0 Å². The molecule has 2 rings (SSSR count). The van der Waals surface area contributed by atoms with Crippen molar-refractivity contribution in [1.29, 1.82) is 0 Å². The van der Waals surface area contributed by atoms with Gasteiger partial charge in [-0.05, 0) is 45.0 Å². The number of nitrogens with zero attached hydrogens (tertiary/aromatic N) is 1. The molecule has 22 heavy (non-hydrogen) atoms. The maximum Gasteiger partial charge on any atom is 0.254 e. The Kier molecular flexibility index (Phi) is 4.77. The van der Waals surface area contributed by atoms with Crippen LogP contribution in [0.4, 0.5) is 5.69 Å². The second-order valence-corrected chi connectivity index (χ2v) is 7.92. The lowest BCUT2D eigenvalue weighted by Crippen LogP contribution is -2.55. The van der Waals surface area contributed by atoms with Gasteiger partial charge in [-0.15, -0.1) is 0 Å². The first-order valence-corrected chi connectivity index (χ1v) is 8.91. The molecule has 1 aliphatic heterocycles. The Hall–Kier alpha value is -1.60. The van der Waals surface area contributed by atoms with E-state index in [-0.39, 0.29) is 17.2 Å². The molecule has 1 saturated heterocycles. The van der Waals surface area contributed by atoms with E-state index < -0.39 is 10.0 Å². The Morgan fingerprint density at radius 1 is 1.32 bits per heavy atom. The van der Waals surface area contributed by atoms with Crippen LogP contribution < -0.4 is 4.72 Å². The number of hydrogen-bond donors (Lipinski definition) is 1. The van der Waals surface area contributed by atoms with Crippen molar-refractivity contribution in [2.24, 2.45) is 0 Å². The third-order valence-corrected chi connectivity index (χ3v) is 4.98. The number of nitrogens with one attached hydrogen (secondary N) is 1. The Labute approximate surface area is 131 Å². The van der Waals surface area contributed by atoms with Crippen LogP contribution in [0.25, 0.3) is 0 Å². The molecule has 1 aromatic carbocycles. The molecule has 0 bridgehead atoms. The van der Waals surface area contributed by atoms with Gasteiger partial charge in [-0.25, -0.2) is 8.42 Å². The lowest BCUT2D eigenvalue weighted by atomic mass is 10.0. The molecule has 1 amide bonds. The van der Waals surface area contributed by atoms with Crippen LogP contribution in [-0.4, -0.2) is 50.3 Å². The molecule has 1 aliphatic rings. The van der Waals surface area contributed by atoms with Crippen LogP contribution in [0.1, 0.15) is 31.1 Å². The van der Waals surface area contributed by atoms with Crippen LogP contribution in [0.15, 0.2) is 24.3 Å². The van der Waals surface area contributed by atoms with Gasteiger partial charge in [0.25, 0.3) is 5.91 Å². The average Bonchev–Trinajstić information content (AvgIpc) is 2.46. The molecule has 0 aromatic heterocycles. The summed E-state index contributed by atoms with van der Waals surface area (Å²) in [5.74, 6) is -0.0615. The second kappa shape index (κ2) is 6.26. The maximum atomic E-state index is 12.6. The number of amides is 1. The third-order valence-electron chi connectivity index (χ3n) is 3.68. The molecule has 1 N–H and O–H groups in total. The quantitative estimate of drug-likeness (QED) is 0.914. The van der Waals surface area contributed by atoms with Crippen LogP contribution in [-0.2, 0) is 14.8 Å².